The van der Waals surface area contributed by atoms with Gasteiger partial charge < -0.3 is 4.90 Å². The molecule has 1 amide bonds. The second-order valence-electron chi connectivity index (χ2n) is 7.00. The monoisotopic (exact) mass is 352 g/mol. The van der Waals surface area contributed by atoms with Crippen molar-refractivity contribution >= 4 is 5.91 Å². The molecule has 5 nitrogen and oxygen atoms in total. The number of amides is 1. The summed E-state index contributed by atoms with van der Waals surface area (Å²) < 4.78 is 0. The van der Waals surface area contributed by atoms with Crippen LogP contribution in [0.4, 0.5) is 0 Å². The molecule has 0 spiro atoms. The molecule has 1 saturated heterocycles. The number of rotatable bonds is 5. The van der Waals surface area contributed by atoms with Crippen molar-refractivity contribution < 1.29 is 4.79 Å². The fraction of sp³-hybridized carbons (Fsp3) is 0.476. The molecule has 138 valence electrons. The van der Waals surface area contributed by atoms with E-state index in [2.05, 4.69) is 34.9 Å². The molecule has 0 N–H and O–H groups in total. The third kappa shape index (κ3) is 4.47. The molecule has 26 heavy (non-hydrogen) atoms. The van der Waals surface area contributed by atoms with Gasteiger partial charge >= 0.3 is 0 Å². The Bertz CT molecular complexity index is 719. The van der Waals surface area contributed by atoms with Crippen molar-refractivity contribution in [3.8, 4) is 0 Å². The van der Waals surface area contributed by atoms with E-state index >= 15 is 0 Å². The van der Waals surface area contributed by atoms with Crippen LogP contribution in [0.2, 0.25) is 0 Å². The lowest BCUT2D eigenvalue weighted by Gasteiger charge is -2.27. The van der Waals surface area contributed by atoms with Gasteiger partial charge in [0.15, 0.2) is 0 Å². The SMILES string of the molecule is CCc1cnccc1C(=O)N1CCCC(N(C)Cc2ccccn2)CC1. The van der Waals surface area contributed by atoms with E-state index in [0.29, 0.717) is 6.04 Å². The zero-order valence-electron chi connectivity index (χ0n) is 15.8. The summed E-state index contributed by atoms with van der Waals surface area (Å²) in [5.41, 5.74) is 2.94. The van der Waals surface area contributed by atoms with Crippen LogP contribution in [-0.2, 0) is 13.0 Å². The van der Waals surface area contributed by atoms with E-state index in [1.54, 1.807) is 6.20 Å². The molecule has 2 aromatic rings. The van der Waals surface area contributed by atoms with E-state index in [-0.39, 0.29) is 5.91 Å². The zero-order valence-corrected chi connectivity index (χ0v) is 15.8. The van der Waals surface area contributed by atoms with E-state index in [9.17, 15) is 4.79 Å². The smallest absolute Gasteiger partial charge is 0.254 e. The molecule has 1 unspecified atom stereocenters. The zero-order chi connectivity index (χ0) is 18.4. The number of nitrogens with zero attached hydrogens (tertiary/aromatic N) is 4. The van der Waals surface area contributed by atoms with Gasteiger partial charge in [-0.3, -0.25) is 19.7 Å². The molecule has 0 aliphatic carbocycles. The van der Waals surface area contributed by atoms with Gasteiger partial charge in [-0.1, -0.05) is 13.0 Å². The summed E-state index contributed by atoms with van der Waals surface area (Å²) in [6.07, 6.45) is 9.36. The summed E-state index contributed by atoms with van der Waals surface area (Å²) >= 11 is 0. The highest BCUT2D eigenvalue weighted by molar-refractivity contribution is 5.95. The third-order valence-corrected chi connectivity index (χ3v) is 5.26. The van der Waals surface area contributed by atoms with Crippen molar-refractivity contribution in [3.63, 3.8) is 0 Å². The Labute approximate surface area is 156 Å². The van der Waals surface area contributed by atoms with Crippen LogP contribution in [0.15, 0.2) is 42.9 Å². The van der Waals surface area contributed by atoms with Crippen LogP contribution in [0, 0.1) is 0 Å². The van der Waals surface area contributed by atoms with Crippen molar-refractivity contribution in [2.45, 2.75) is 45.2 Å². The van der Waals surface area contributed by atoms with Crippen molar-refractivity contribution in [2.75, 3.05) is 20.1 Å². The minimum absolute atomic E-state index is 0.150. The van der Waals surface area contributed by atoms with E-state index < -0.39 is 0 Å². The van der Waals surface area contributed by atoms with Crippen LogP contribution in [-0.4, -0.2) is 51.9 Å². The van der Waals surface area contributed by atoms with Gasteiger partial charge in [0, 0.05) is 49.8 Å². The Balaban J connectivity index is 1.62. The van der Waals surface area contributed by atoms with Crippen LogP contribution in [0.1, 0.15) is 47.8 Å². The quantitative estimate of drug-likeness (QED) is 0.829. The maximum atomic E-state index is 13.0. The number of pyridine rings is 2. The number of hydrogen-bond donors (Lipinski definition) is 0. The minimum Gasteiger partial charge on any atom is -0.339 e. The Morgan fingerprint density at radius 3 is 2.88 bits per heavy atom. The summed E-state index contributed by atoms with van der Waals surface area (Å²) in [5.74, 6) is 0.150. The van der Waals surface area contributed by atoms with Crippen molar-refractivity contribution in [1.82, 2.24) is 19.8 Å². The fourth-order valence-corrected chi connectivity index (χ4v) is 3.69. The topological polar surface area (TPSA) is 49.3 Å². The van der Waals surface area contributed by atoms with E-state index in [1.165, 1.54) is 0 Å². The van der Waals surface area contributed by atoms with Crippen LogP contribution in [0.25, 0.3) is 0 Å². The summed E-state index contributed by atoms with van der Waals surface area (Å²) in [5, 5.41) is 0. The first kappa shape index (κ1) is 18.5. The molecular formula is C21H28N4O. The minimum atomic E-state index is 0.150. The molecule has 1 aliphatic rings. The first-order chi connectivity index (χ1) is 12.7. The number of aromatic nitrogens is 2. The van der Waals surface area contributed by atoms with Gasteiger partial charge in [-0.2, -0.15) is 0 Å². The summed E-state index contributed by atoms with van der Waals surface area (Å²) in [6, 6.07) is 8.39. The Morgan fingerprint density at radius 1 is 1.23 bits per heavy atom. The van der Waals surface area contributed by atoms with Gasteiger partial charge in [-0.15, -0.1) is 0 Å². The normalized spacial score (nSPS) is 18.0. The second kappa shape index (κ2) is 8.90. The molecule has 1 fully saturated rings. The van der Waals surface area contributed by atoms with Crippen LogP contribution < -0.4 is 0 Å². The highest BCUT2D eigenvalue weighted by Crippen LogP contribution is 2.20. The standard InChI is InChI=1S/C21H28N4O/c1-3-17-15-22-12-9-20(17)21(26)25-13-6-8-19(10-14-25)24(2)16-18-7-4-5-11-23-18/h4-5,7,9,11-12,15,19H,3,6,8,10,13-14,16H2,1-2H3. The first-order valence-corrected chi connectivity index (χ1v) is 9.51. The van der Waals surface area contributed by atoms with Crippen molar-refractivity contribution in [2.24, 2.45) is 0 Å². The summed E-state index contributed by atoms with van der Waals surface area (Å²) in [7, 11) is 2.16. The number of likely N-dealkylation sites (tertiary alicyclic amines) is 1. The Morgan fingerprint density at radius 2 is 2.12 bits per heavy atom. The molecule has 0 bridgehead atoms. The number of aryl methyl sites for hydroxylation is 1. The molecule has 3 rings (SSSR count). The number of carbonyl (C=O) groups excluding carboxylic acids is 1. The predicted molar refractivity (Wildman–Crippen MR) is 103 cm³/mol. The average Bonchev–Trinajstić information content (AvgIpc) is 2.94. The molecular weight excluding hydrogens is 324 g/mol. The fourth-order valence-electron chi connectivity index (χ4n) is 3.69. The lowest BCUT2D eigenvalue weighted by Crippen LogP contribution is -2.35. The molecule has 0 saturated carbocycles. The predicted octanol–water partition coefficient (Wildman–Crippen LogP) is 3.17. The maximum absolute atomic E-state index is 13.0. The van der Waals surface area contributed by atoms with Gasteiger partial charge in [-0.25, -0.2) is 0 Å². The summed E-state index contributed by atoms with van der Waals surface area (Å²) in [4.78, 5) is 25.9. The van der Waals surface area contributed by atoms with Crippen LogP contribution in [0.5, 0.6) is 0 Å². The second-order valence-corrected chi connectivity index (χ2v) is 7.00. The van der Waals surface area contributed by atoms with Crippen molar-refractivity contribution in [1.29, 1.82) is 0 Å². The summed E-state index contributed by atoms with van der Waals surface area (Å²) in [6.45, 7) is 4.56. The largest absolute Gasteiger partial charge is 0.339 e. The van der Waals surface area contributed by atoms with Gasteiger partial charge in [0.1, 0.15) is 0 Å². The van der Waals surface area contributed by atoms with Crippen LogP contribution >= 0.6 is 0 Å². The molecule has 1 aliphatic heterocycles. The highest BCUT2D eigenvalue weighted by Gasteiger charge is 2.24. The van der Waals surface area contributed by atoms with Crippen molar-refractivity contribution in [3.05, 3.63) is 59.7 Å². The van der Waals surface area contributed by atoms with Gasteiger partial charge in [0.25, 0.3) is 5.91 Å². The van der Waals surface area contributed by atoms with Gasteiger partial charge in [0.05, 0.1) is 5.69 Å². The highest BCUT2D eigenvalue weighted by atomic mass is 16.2. The Hall–Kier alpha value is -2.27. The lowest BCUT2D eigenvalue weighted by atomic mass is 10.1. The molecule has 2 aromatic heterocycles. The Kier molecular flexibility index (Phi) is 6.34. The van der Waals surface area contributed by atoms with Gasteiger partial charge in [0.2, 0.25) is 0 Å². The van der Waals surface area contributed by atoms with Crippen LogP contribution in [0.3, 0.4) is 0 Å². The molecule has 3 heterocycles. The molecule has 1 atom stereocenters. The average molecular weight is 352 g/mol. The van der Waals surface area contributed by atoms with E-state index in [0.717, 1.165) is 62.1 Å². The number of carbonyl (C=O) groups is 1. The molecule has 0 radical (unpaired) electrons. The van der Waals surface area contributed by atoms with E-state index in [4.69, 9.17) is 0 Å². The molecule has 0 aromatic carbocycles. The van der Waals surface area contributed by atoms with Gasteiger partial charge in [-0.05, 0) is 56.5 Å². The third-order valence-electron chi connectivity index (χ3n) is 5.26. The lowest BCUT2D eigenvalue weighted by molar-refractivity contribution is 0.0756. The molecule has 5 heteroatoms. The van der Waals surface area contributed by atoms with E-state index in [1.807, 2.05) is 35.5 Å². The first-order valence-electron chi connectivity index (χ1n) is 9.51. The number of hydrogen-bond acceptors (Lipinski definition) is 4. The maximum Gasteiger partial charge on any atom is 0.254 e.